The Bertz CT molecular complexity index is 1050. The number of piperazine rings is 1. The second-order valence-electron chi connectivity index (χ2n) is 8.33. The number of alkyl halides is 3. The molecule has 2 aromatic carbocycles. The summed E-state index contributed by atoms with van der Waals surface area (Å²) in [5, 5.41) is 0. The summed E-state index contributed by atoms with van der Waals surface area (Å²) in [6, 6.07) is 10.8. The molecule has 2 heterocycles. The average molecular weight is 461 g/mol. The highest BCUT2D eigenvalue weighted by molar-refractivity contribution is 6.04. The first kappa shape index (κ1) is 22.9. The summed E-state index contributed by atoms with van der Waals surface area (Å²) in [4.78, 5) is 31.0. The standard InChI is InChI=1S/C24H26F3N3O3/c1-3-20-23(32)30(19-13-16(2)7-8-21(19)33-20)15-22(31)29-11-9-28(10-12-29)18-6-4-5-17(14-18)24(25,26)27/h4-8,13-14,20H,3,9-12,15H2,1-2H3/t20-/m1/s1. The van der Waals surface area contributed by atoms with Crippen LogP contribution in [0.5, 0.6) is 5.75 Å². The van der Waals surface area contributed by atoms with Gasteiger partial charge < -0.3 is 14.5 Å². The van der Waals surface area contributed by atoms with Crippen LogP contribution >= 0.6 is 0 Å². The molecule has 0 saturated carbocycles. The highest BCUT2D eigenvalue weighted by Crippen LogP contribution is 2.36. The normalized spacial score (nSPS) is 18.8. The van der Waals surface area contributed by atoms with E-state index >= 15 is 0 Å². The third kappa shape index (κ3) is 4.77. The van der Waals surface area contributed by atoms with E-state index in [0.29, 0.717) is 49.7 Å². The molecule has 33 heavy (non-hydrogen) atoms. The van der Waals surface area contributed by atoms with Gasteiger partial charge in [-0.2, -0.15) is 13.2 Å². The SMILES string of the molecule is CC[C@H]1Oc2ccc(C)cc2N(CC(=O)N2CCN(c3cccc(C(F)(F)F)c3)CC2)C1=O. The average Bonchev–Trinajstić information content (AvgIpc) is 2.80. The van der Waals surface area contributed by atoms with Crippen molar-refractivity contribution in [3.05, 3.63) is 53.6 Å². The molecule has 6 nitrogen and oxygen atoms in total. The summed E-state index contributed by atoms with van der Waals surface area (Å²) in [7, 11) is 0. The van der Waals surface area contributed by atoms with Crippen molar-refractivity contribution in [2.24, 2.45) is 0 Å². The second-order valence-corrected chi connectivity index (χ2v) is 8.33. The van der Waals surface area contributed by atoms with Crippen molar-refractivity contribution in [2.75, 3.05) is 42.5 Å². The van der Waals surface area contributed by atoms with Crippen LogP contribution in [0, 0.1) is 6.92 Å². The zero-order valence-electron chi connectivity index (χ0n) is 18.6. The maximum absolute atomic E-state index is 13.1. The molecule has 0 spiro atoms. The second kappa shape index (κ2) is 8.96. The van der Waals surface area contributed by atoms with Crippen molar-refractivity contribution in [1.82, 2.24) is 4.90 Å². The summed E-state index contributed by atoms with van der Waals surface area (Å²) in [5.41, 5.74) is 1.33. The van der Waals surface area contributed by atoms with Gasteiger partial charge >= 0.3 is 6.18 Å². The van der Waals surface area contributed by atoms with Crippen molar-refractivity contribution < 1.29 is 27.5 Å². The topological polar surface area (TPSA) is 53.1 Å². The Morgan fingerprint density at radius 2 is 1.82 bits per heavy atom. The van der Waals surface area contributed by atoms with Gasteiger partial charge in [0.1, 0.15) is 12.3 Å². The molecule has 0 N–H and O–H groups in total. The molecule has 0 bridgehead atoms. The van der Waals surface area contributed by atoms with Crippen molar-refractivity contribution in [1.29, 1.82) is 0 Å². The van der Waals surface area contributed by atoms with E-state index in [4.69, 9.17) is 4.74 Å². The van der Waals surface area contributed by atoms with Gasteiger partial charge in [-0.3, -0.25) is 14.5 Å². The highest BCUT2D eigenvalue weighted by Gasteiger charge is 2.36. The minimum Gasteiger partial charge on any atom is -0.478 e. The molecule has 0 aromatic heterocycles. The van der Waals surface area contributed by atoms with Crippen molar-refractivity contribution in [3.8, 4) is 5.75 Å². The lowest BCUT2D eigenvalue weighted by atomic mass is 10.1. The Hall–Kier alpha value is -3.23. The number of anilines is 2. The van der Waals surface area contributed by atoms with Crippen LogP contribution in [-0.4, -0.2) is 55.5 Å². The van der Waals surface area contributed by atoms with Crippen LogP contribution in [0.15, 0.2) is 42.5 Å². The lowest BCUT2D eigenvalue weighted by Gasteiger charge is -2.38. The third-order valence-electron chi connectivity index (χ3n) is 6.05. The zero-order valence-corrected chi connectivity index (χ0v) is 18.6. The number of nitrogens with zero attached hydrogens (tertiary/aromatic N) is 3. The van der Waals surface area contributed by atoms with E-state index in [1.54, 1.807) is 11.0 Å². The van der Waals surface area contributed by atoms with Crippen LogP contribution < -0.4 is 14.5 Å². The number of fused-ring (bicyclic) bond motifs is 1. The number of hydrogen-bond donors (Lipinski definition) is 0. The zero-order chi connectivity index (χ0) is 23.8. The summed E-state index contributed by atoms with van der Waals surface area (Å²) in [5.74, 6) is 0.136. The maximum Gasteiger partial charge on any atom is 0.416 e. The Kier molecular flexibility index (Phi) is 6.23. The number of rotatable bonds is 4. The molecule has 0 radical (unpaired) electrons. The van der Waals surface area contributed by atoms with Crippen LogP contribution in [0.1, 0.15) is 24.5 Å². The van der Waals surface area contributed by atoms with Gasteiger partial charge in [-0.1, -0.05) is 19.1 Å². The molecule has 1 fully saturated rings. The van der Waals surface area contributed by atoms with Gasteiger partial charge in [-0.25, -0.2) is 0 Å². The van der Waals surface area contributed by atoms with Gasteiger partial charge in [0.2, 0.25) is 5.91 Å². The minimum atomic E-state index is -4.40. The molecule has 2 aliphatic rings. The van der Waals surface area contributed by atoms with E-state index in [9.17, 15) is 22.8 Å². The maximum atomic E-state index is 13.1. The molecule has 2 amide bonds. The Morgan fingerprint density at radius 3 is 2.48 bits per heavy atom. The summed E-state index contributed by atoms with van der Waals surface area (Å²) >= 11 is 0. The fourth-order valence-electron chi connectivity index (χ4n) is 4.18. The van der Waals surface area contributed by atoms with Gasteiger partial charge in [0.25, 0.3) is 5.91 Å². The largest absolute Gasteiger partial charge is 0.478 e. The number of hydrogen-bond acceptors (Lipinski definition) is 4. The smallest absolute Gasteiger partial charge is 0.416 e. The fraction of sp³-hybridized carbons (Fsp3) is 0.417. The van der Waals surface area contributed by atoms with Crippen molar-refractivity contribution >= 4 is 23.2 Å². The number of ether oxygens (including phenoxy) is 1. The van der Waals surface area contributed by atoms with Gasteiger partial charge in [0.15, 0.2) is 6.10 Å². The van der Waals surface area contributed by atoms with Crippen LogP contribution in [-0.2, 0) is 15.8 Å². The first-order valence-electron chi connectivity index (χ1n) is 11.0. The molecule has 176 valence electrons. The van der Waals surface area contributed by atoms with Crippen LogP contribution in [0.3, 0.4) is 0 Å². The van der Waals surface area contributed by atoms with Crippen LogP contribution in [0.2, 0.25) is 0 Å². The molecule has 2 aliphatic heterocycles. The number of benzene rings is 2. The van der Waals surface area contributed by atoms with E-state index in [1.807, 2.05) is 36.9 Å². The molecule has 0 aliphatic carbocycles. The van der Waals surface area contributed by atoms with E-state index in [2.05, 4.69) is 0 Å². The molecular formula is C24H26F3N3O3. The lowest BCUT2D eigenvalue weighted by Crippen LogP contribution is -2.54. The molecule has 1 saturated heterocycles. The van der Waals surface area contributed by atoms with Gasteiger partial charge in [0.05, 0.1) is 11.3 Å². The number of amides is 2. The molecule has 2 aromatic rings. The first-order chi connectivity index (χ1) is 15.7. The minimum absolute atomic E-state index is 0.0985. The molecule has 0 unspecified atom stereocenters. The van der Waals surface area contributed by atoms with E-state index < -0.39 is 17.8 Å². The number of carbonyl (C=O) groups excluding carboxylic acids is 2. The Balaban J connectivity index is 1.44. The Labute approximate surface area is 190 Å². The predicted molar refractivity (Wildman–Crippen MR) is 118 cm³/mol. The van der Waals surface area contributed by atoms with Crippen LogP contribution in [0.25, 0.3) is 0 Å². The monoisotopic (exact) mass is 461 g/mol. The fourth-order valence-corrected chi connectivity index (χ4v) is 4.18. The van der Waals surface area contributed by atoms with E-state index in [1.165, 1.54) is 11.0 Å². The van der Waals surface area contributed by atoms with Gasteiger partial charge in [-0.05, 0) is 49.2 Å². The quantitative estimate of drug-likeness (QED) is 0.694. The molecule has 9 heteroatoms. The van der Waals surface area contributed by atoms with Crippen molar-refractivity contribution in [3.63, 3.8) is 0 Å². The van der Waals surface area contributed by atoms with Crippen LogP contribution in [0.4, 0.5) is 24.5 Å². The van der Waals surface area contributed by atoms with Gasteiger partial charge in [0, 0.05) is 31.9 Å². The summed E-state index contributed by atoms with van der Waals surface area (Å²) in [6.07, 6.45) is -4.54. The van der Waals surface area contributed by atoms with Crippen molar-refractivity contribution in [2.45, 2.75) is 32.5 Å². The van der Waals surface area contributed by atoms with E-state index in [-0.39, 0.29) is 18.4 Å². The Morgan fingerprint density at radius 1 is 1.09 bits per heavy atom. The number of carbonyl (C=O) groups is 2. The summed E-state index contributed by atoms with van der Waals surface area (Å²) < 4.78 is 44.9. The lowest BCUT2D eigenvalue weighted by molar-refractivity contribution is -0.137. The summed E-state index contributed by atoms with van der Waals surface area (Å²) in [6.45, 7) is 5.23. The molecule has 4 rings (SSSR count). The third-order valence-corrected chi connectivity index (χ3v) is 6.05. The number of halogens is 3. The first-order valence-corrected chi connectivity index (χ1v) is 11.0. The predicted octanol–water partition coefficient (Wildman–Crippen LogP) is 3.87. The van der Waals surface area contributed by atoms with Gasteiger partial charge in [-0.15, -0.1) is 0 Å². The number of aryl methyl sites for hydroxylation is 1. The highest BCUT2D eigenvalue weighted by atomic mass is 19.4. The molecule has 1 atom stereocenters. The van der Waals surface area contributed by atoms with E-state index in [0.717, 1.165) is 17.7 Å². The molecular weight excluding hydrogens is 435 g/mol.